The molecule has 1 heterocycles. The van der Waals surface area contributed by atoms with Crippen LogP contribution in [-0.2, 0) is 4.79 Å². The molecular weight excluding hydrogens is 358 g/mol. The molecule has 0 radical (unpaired) electrons. The molecule has 28 heavy (non-hydrogen) atoms. The van der Waals surface area contributed by atoms with Gasteiger partial charge in [-0.1, -0.05) is 25.3 Å². The Labute approximate surface area is 164 Å². The second kappa shape index (κ2) is 10.2. The van der Waals surface area contributed by atoms with Crippen LogP contribution in [0.1, 0.15) is 38.5 Å². The summed E-state index contributed by atoms with van der Waals surface area (Å²) in [5.41, 5.74) is 0.609. The zero-order chi connectivity index (χ0) is 19.6. The van der Waals surface area contributed by atoms with Crippen LogP contribution in [0.25, 0.3) is 0 Å². The van der Waals surface area contributed by atoms with E-state index in [0.717, 1.165) is 25.7 Å². The first kappa shape index (κ1) is 19.6. The van der Waals surface area contributed by atoms with Gasteiger partial charge in [-0.15, -0.1) is 0 Å². The lowest BCUT2D eigenvalue weighted by Gasteiger charge is -2.22. The number of ether oxygens (including phenoxy) is 1. The van der Waals surface area contributed by atoms with Crippen molar-refractivity contribution in [3.8, 4) is 11.6 Å². The number of carbonyl (C=O) groups is 2. The second-order valence-electron chi connectivity index (χ2n) is 6.71. The fourth-order valence-corrected chi connectivity index (χ4v) is 3.09. The van der Waals surface area contributed by atoms with E-state index in [1.807, 2.05) is 0 Å². The Kier molecular flexibility index (Phi) is 7.17. The van der Waals surface area contributed by atoms with E-state index in [1.54, 1.807) is 36.7 Å². The van der Waals surface area contributed by atoms with Crippen LogP contribution in [0, 0.1) is 0 Å². The molecule has 3 N–H and O–H groups in total. The zero-order valence-electron chi connectivity index (χ0n) is 15.7. The highest BCUT2D eigenvalue weighted by Gasteiger charge is 2.15. The molecule has 8 heteroatoms. The lowest BCUT2D eigenvalue weighted by Crippen LogP contribution is -2.43. The molecule has 148 valence electrons. The first-order valence-corrected chi connectivity index (χ1v) is 9.57. The van der Waals surface area contributed by atoms with E-state index in [1.165, 1.54) is 12.6 Å². The van der Waals surface area contributed by atoms with Crippen molar-refractivity contribution in [2.24, 2.45) is 0 Å². The number of aromatic nitrogens is 2. The number of rotatable bonds is 7. The summed E-state index contributed by atoms with van der Waals surface area (Å²) >= 11 is 0. The second-order valence-corrected chi connectivity index (χ2v) is 6.71. The number of urea groups is 1. The monoisotopic (exact) mass is 383 g/mol. The molecular formula is C20H25N5O3. The van der Waals surface area contributed by atoms with Crippen LogP contribution in [0.2, 0.25) is 0 Å². The molecule has 3 amide bonds. The summed E-state index contributed by atoms with van der Waals surface area (Å²) in [4.78, 5) is 32.0. The van der Waals surface area contributed by atoms with E-state index in [2.05, 4.69) is 25.9 Å². The highest BCUT2D eigenvalue weighted by atomic mass is 16.5. The molecule has 1 aliphatic rings. The standard InChI is InChI=1S/C20H25N5O3/c26-18(9-10-23-20(27)25-15-5-2-1-3-6-15)24-16-7-4-8-17(13-16)28-19-14-21-11-12-22-19/h4,7-8,11-15H,1-3,5-6,9-10H2,(H,24,26)(H2,23,25,27). The van der Waals surface area contributed by atoms with Crippen LogP contribution < -0.4 is 20.7 Å². The van der Waals surface area contributed by atoms with Crippen molar-refractivity contribution in [1.82, 2.24) is 20.6 Å². The van der Waals surface area contributed by atoms with Crippen LogP contribution in [0.5, 0.6) is 11.6 Å². The molecule has 1 aromatic carbocycles. The fraction of sp³-hybridized carbons (Fsp3) is 0.400. The molecule has 0 unspecified atom stereocenters. The Morgan fingerprint density at radius 1 is 1.14 bits per heavy atom. The Balaban J connectivity index is 1.39. The number of benzene rings is 1. The third-order valence-electron chi connectivity index (χ3n) is 4.46. The van der Waals surface area contributed by atoms with Crippen LogP contribution in [0.3, 0.4) is 0 Å². The molecule has 1 aliphatic carbocycles. The number of hydrogen-bond donors (Lipinski definition) is 3. The van der Waals surface area contributed by atoms with E-state index in [9.17, 15) is 9.59 Å². The first-order valence-electron chi connectivity index (χ1n) is 9.57. The summed E-state index contributed by atoms with van der Waals surface area (Å²) in [6.45, 7) is 0.278. The van der Waals surface area contributed by atoms with Crippen molar-refractivity contribution in [3.05, 3.63) is 42.9 Å². The molecule has 1 aromatic heterocycles. The summed E-state index contributed by atoms with van der Waals surface area (Å²) in [5.74, 6) is 0.733. The van der Waals surface area contributed by atoms with Crippen molar-refractivity contribution in [2.45, 2.75) is 44.6 Å². The number of anilines is 1. The van der Waals surface area contributed by atoms with E-state index >= 15 is 0 Å². The summed E-state index contributed by atoms with van der Waals surface area (Å²) < 4.78 is 5.60. The number of hydrogen-bond acceptors (Lipinski definition) is 5. The zero-order valence-corrected chi connectivity index (χ0v) is 15.7. The summed E-state index contributed by atoms with van der Waals surface area (Å²) in [6, 6.07) is 7.05. The van der Waals surface area contributed by atoms with E-state index < -0.39 is 0 Å². The predicted molar refractivity (Wildman–Crippen MR) is 105 cm³/mol. The minimum atomic E-state index is -0.209. The SMILES string of the molecule is O=C(CCNC(=O)NC1CCCCC1)Nc1cccc(Oc2cnccn2)c1. The van der Waals surface area contributed by atoms with Crippen molar-refractivity contribution >= 4 is 17.6 Å². The molecule has 0 spiro atoms. The van der Waals surface area contributed by atoms with Gasteiger partial charge in [0.05, 0.1) is 6.20 Å². The van der Waals surface area contributed by atoms with Crippen molar-refractivity contribution in [1.29, 1.82) is 0 Å². The van der Waals surface area contributed by atoms with Gasteiger partial charge in [-0.3, -0.25) is 9.78 Å². The Hall–Kier alpha value is -3.16. The predicted octanol–water partition coefficient (Wildman–Crippen LogP) is 3.23. The molecule has 0 saturated heterocycles. The maximum atomic E-state index is 12.1. The normalized spacial score (nSPS) is 14.1. The minimum Gasteiger partial charge on any atom is -0.437 e. The maximum absolute atomic E-state index is 12.1. The van der Waals surface area contributed by atoms with Gasteiger partial charge in [-0.05, 0) is 25.0 Å². The van der Waals surface area contributed by atoms with Gasteiger partial charge in [0.15, 0.2) is 0 Å². The number of nitrogens with zero attached hydrogens (tertiary/aromatic N) is 2. The number of nitrogens with one attached hydrogen (secondary N) is 3. The van der Waals surface area contributed by atoms with E-state index in [4.69, 9.17) is 4.74 Å². The Morgan fingerprint density at radius 3 is 2.79 bits per heavy atom. The van der Waals surface area contributed by atoms with Gasteiger partial charge >= 0.3 is 6.03 Å². The maximum Gasteiger partial charge on any atom is 0.315 e. The van der Waals surface area contributed by atoms with Gasteiger partial charge in [0.2, 0.25) is 11.8 Å². The molecule has 0 atom stereocenters. The lowest BCUT2D eigenvalue weighted by atomic mass is 9.96. The number of amides is 3. The molecule has 1 saturated carbocycles. The van der Waals surface area contributed by atoms with Crippen molar-refractivity contribution in [2.75, 3.05) is 11.9 Å². The van der Waals surface area contributed by atoms with Crippen molar-refractivity contribution < 1.29 is 14.3 Å². The number of carbonyl (C=O) groups excluding carboxylic acids is 2. The lowest BCUT2D eigenvalue weighted by molar-refractivity contribution is -0.116. The summed E-state index contributed by atoms with van der Waals surface area (Å²) in [5, 5.41) is 8.50. The van der Waals surface area contributed by atoms with Gasteiger partial charge < -0.3 is 20.7 Å². The van der Waals surface area contributed by atoms with E-state index in [0.29, 0.717) is 17.3 Å². The highest BCUT2D eigenvalue weighted by Crippen LogP contribution is 2.22. The average Bonchev–Trinajstić information content (AvgIpc) is 2.70. The molecule has 0 aliphatic heterocycles. The average molecular weight is 383 g/mol. The molecule has 2 aromatic rings. The molecule has 3 rings (SSSR count). The smallest absolute Gasteiger partial charge is 0.315 e. The molecule has 8 nitrogen and oxygen atoms in total. The fourth-order valence-electron chi connectivity index (χ4n) is 3.09. The van der Waals surface area contributed by atoms with Gasteiger partial charge in [-0.2, -0.15) is 0 Å². The first-order chi connectivity index (χ1) is 13.7. The highest BCUT2D eigenvalue weighted by molar-refractivity contribution is 5.91. The van der Waals surface area contributed by atoms with Crippen LogP contribution in [0.4, 0.5) is 10.5 Å². The van der Waals surface area contributed by atoms with Crippen LogP contribution in [-0.4, -0.2) is 34.5 Å². The van der Waals surface area contributed by atoms with Crippen LogP contribution >= 0.6 is 0 Å². The van der Waals surface area contributed by atoms with Gasteiger partial charge in [-0.25, -0.2) is 9.78 Å². The molecule has 0 bridgehead atoms. The third-order valence-corrected chi connectivity index (χ3v) is 4.46. The summed E-state index contributed by atoms with van der Waals surface area (Å²) in [7, 11) is 0. The minimum absolute atomic E-state index is 0.186. The largest absolute Gasteiger partial charge is 0.437 e. The molecule has 1 fully saturated rings. The van der Waals surface area contributed by atoms with Gasteiger partial charge in [0.25, 0.3) is 0 Å². The quantitative estimate of drug-likeness (QED) is 0.681. The summed E-state index contributed by atoms with van der Waals surface area (Å²) in [6.07, 6.45) is 10.4. The Morgan fingerprint density at radius 2 is 2.00 bits per heavy atom. The Bertz CT molecular complexity index is 778. The van der Waals surface area contributed by atoms with Crippen LogP contribution in [0.15, 0.2) is 42.9 Å². The third kappa shape index (κ3) is 6.53. The topological polar surface area (TPSA) is 105 Å². The van der Waals surface area contributed by atoms with Gasteiger partial charge in [0, 0.05) is 43.2 Å². The van der Waals surface area contributed by atoms with Gasteiger partial charge in [0.1, 0.15) is 5.75 Å². The van der Waals surface area contributed by atoms with E-state index in [-0.39, 0.29) is 30.9 Å². The van der Waals surface area contributed by atoms with Crippen molar-refractivity contribution in [3.63, 3.8) is 0 Å².